The van der Waals surface area contributed by atoms with Crippen LogP contribution in [0.1, 0.15) is 37.0 Å². The molecular weight excluding hydrogens is 193 g/mol. The summed E-state index contributed by atoms with van der Waals surface area (Å²) in [5.74, 6) is -0.835. The van der Waals surface area contributed by atoms with Crippen LogP contribution < -0.4 is 5.73 Å². The van der Waals surface area contributed by atoms with Crippen LogP contribution in [0, 0.1) is 5.82 Å². The molecule has 82 valence electrons. The van der Waals surface area contributed by atoms with Gasteiger partial charge in [-0.1, -0.05) is 25.5 Å². The standard InChI is InChI=1S/C12H16FNO/c1-3-8-12(2,14)11(15)9-6-4-5-7-10(9)13/h4-7H,3,8,14H2,1-2H3. The maximum atomic E-state index is 13.3. The van der Waals surface area contributed by atoms with Crippen molar-refractivity contribution in [2.75, 3.05) is 0 Å². The van der Waals surface area contributed by atoms with E-state index in [4.69, 9.17) is 5.73 Å². The van der Waals surface area contributed by atoms with Crippen LogP contribution in [0.25, 0.3) is 0 Å². The molecule has 0 heterocycles. The minimum absolute atomic E-state index is 0.0796. The summed E-state index contributed by atoms with van der Waals surface area (Å²) in [6.45, 7) is 3.59. The van der Waals surface area contributed by atoms with E-state index in [1.807, 2.05) is 6.92 Å². The van der Waals surface area contributed by atoms with E-state index in [2.05, 4.69) is 0 Å². The van der Waals surface area contributed by atoms with Gasteiger partial charge in [-0.3, -0.25) is 4.79 Å². The fourth-order valence-corrected chi connectivity index (χ4v) is 1.59. The Hall–Kier alpha value is -1.22. The Labute approximate surface area is 89.3 Å². The molecule has 1 unspecified atom stereocenters. The van der Waals surface area contributed by atoms with Crippen molar-refractivity contribution < 1.29 is 9.18 Å². The number of hydrogen-bond acceptors (Lipinski definition) is 2. The van der Waals surface area contributed by atoms with E-state index < -0.39 is 11.4 Å². The molecule has 0 aliphatic rings. The summed E-state index contributed by atoms with van der Waals surface area (Å²) in [6.07, 6.45) is 1.35. The molecule has 0 amide bonds. The Morgan fingerprint density at radius 2 is 2.07 bits per heavy atom. The van der Waals surface area contributed by atoms with Gasteiger partial charge in [0.1, 0.15) is 5.82 Å². The summed E-state index contributed by atoms with van der Waals surface area (Å²) in [4.78, 5) is 11.9. The Kier molecular flexibility index (Phi) is 3.58. The van der Waals surface area contributed by atoms with Crippen molar-refractivity contribution in [3.05, 3.63) is 35.6 Å². The number of benzene rings is 1. The molecular formula is C12H16FNO. The lowest BCUT2D eigenvalue weighted by atomic mass is 9.88. The van der Waals surface area contributed by atoms with Crippen LogP contribution in [0.2, 0.25) is 0 Å². The van der Waals surface area contributed by atoms with Gasteiger partial charge < -0.3 is 5.73 Å². The highest BCUT2D eigenvalue weighted by Crippen LogP contribution is 2.18. The SMILES string of the molecule is CCCC(C)(N)C(=O)c1ccccc1F. The van der Waals surface area contributed by atoms with Gasteiger partial charge in [0.05, 0.1) is 11.1 Å². The first kappa shape index (κ1) is 11.9. The van der Waals surface area contributed by atoms with Gasteiger partial charge in [-0.05, 0) is 25.5 Å². The smallest absolute Gasteiger partial charge is 0.185 e. The van der Waals surface area contributed by atoms with Gasteiger partial charge in [-0.25, -0.2) is 4.39 Å². The Morgan fingerprint density at radius 1 is 1.47 bits per heavy atom. The van der Waals surface area contributed by atoms with Crippen LogP contribution in [-0.4, -0.2) is 11.3 Å². The van der Waals surface area contributed by atoms with E-state index in [0.29, 0.717) is 6.42 Å². The second kappa shape index (κ2) is 4.53. The molecule has 1 atom stereocenters. The average Bonchev–Trinajstić information content (AvgIpc) is 2.17. The van der Waals surface area contributed by atoms with Crippen molar-refractivity contribution in [3.8, 4) is 0 Å². The first-order chi connectivity index (χ1) is 6.99. The third-order valence-electron chi connectivity index (χ3n) is 2.41. The van der Waals surface area contributed by atoms with Crippen LogP contribution in [0.3, 0.4) is 0 Å². The monoisotopic (exact) mass is 209 g/mol. The molecule has 1 aromatic rings. The lowest BCUT2D eigenvalue weighted by molar-refractivity contribution is 0.0889. The van der Waals surface area contributed by atoms with Crippen LogP contribution in [0.4, 0.5) is 4.39 Å². The maximum absolute atomic E-state index is 13.3. The first-order valence-corrected chi connectivity index (χ1v) is 5.07. The molecule has 0 aliphatic carbocycles. The highest BCUT2D eigenvalue weighted by molar-refractivity contribution is 6.02. The number of rotatable bonds is 4. The number of ketones is 1. The zero-order chi connectivity index (χ0) is 11.5. The average molecular weight is 209 g/mol. The summed E-state index contributed by atoms with van der Waals surface area (Å²) >= 11 is 0. The lowest BCUT2D eigenvalue weighted by Crippen LogP contribution is -2.45. The Balaban J connectivity index is 2.99. The number of carbonyl (C=O) groups excluding carboxylic acids is 1. The normalized spacial score (nSPS) is 14.7. The van der Waals surface area contributed by atoms with Crippen molar-refractivity contribution >= 4 is 5.78 Å². The van der Waals surface area contributed by atoms with Gasteiger partial charge in [0.15, 0.2) is 5.78 Å². The van der Waals surface area contributed by atoms with E-state index in [1.54, 1.807) is 19.1 Å². The number of Topliss-reactive ketones (excluding diaryl/α,β-unsaturated/α-hetero) is 1. The highest BCUT2D eigenvalue weighted by atomic mass is 19.1. The van der Waals surface area contributed by atoms with E-state index >= 15 is 0 Å². The van der Waals surface area contributed by atoms with Gasteiger partial charge >= 0.3 is 0 Å². The molecule has 3 heteroatoms. The number of nitrogens with two attached hydrogens (primary N) is 1. The van der Waals surface area contributed by atoms with Gasteiger partial charge in [0.25, 0.3) is 0 Å². The molecule has 2 N–H and O–H groups in total. The fourth-order valence-electron chi connectivity index (χ4n) is 1.59. The molecule has 15 heavy (non-hydrogen) atoms. The fraction of sp³-hybridized carbons (Fsp3) is 0.417. The lowest BCUT2D eigenvalue weighted by Gasteiger charge is -2.22. The molecule has 0 saturated heterocycles. The quantitative estimate of drug-likeness (QED) is 0.774. The third kappa shape index (κ3) is 2.63. The van der Waals surface area contributed by atoms with Crippen LogP contribution >= 0.6 is 0 Å². The number of halogens is 1. The van der Waals surface area contributed by atoms with Crippen molar-refractivity contribution in [2.45, 2.75) is 32.2 Å². The predicted octanol–water partition coefficient (Wildman–Crippen LogP) is 2.53. The minimum atomic E-state index is -0.975. The zero-order valence-electron chi connectivity index (χ0n) is 9.09. The highest BCUT2D eigenvalue weighted by Gasteiger charge is 2.29. The summed E-state index contributed by atoms with van der Waals surface area (Å²) < 4.78 is 13.3. The summed E-state index contributed by atoms with van der Waals surface area (Å²) in [5.41, 5.74) is 4.96. The van der Waals surface area contributed by atoms with Crippen molar-refractivity contribution in [1.29, 1.82) is 0 Å². The minimum Gasteiger partial charge on any atom is -0.319 e. The molecule has 0 bridgehead atoms. The van der Waals surface area contributed by atoms with E-state index in [0.717, 1.165) is 6.42 Å². The molecule has 1 aromatic carbocycles. The molecule has 0 aliphatic heterocycles. The van der Waals surface area contributed by atoms with Gasteiger partial charge in [-0.15, -0.1) is 0 Å². The maximum Gasteiger partial charge on any atom is 0.185 e. The third-order valence-corrected chi connectivity index (χ3v) is 2.41. The summed E-state index contributed by atoms with van der Waals surface area (Å²) in [6, 6.07) is 5.94. The van der Waals surface area contributed by atoms with Gasteiger partial charge in [0, 0.05) is 0 Å². The van der Waals surface area contributed by atoms with E-state index in [1.165, 1.54) is 12.1 Å². The summed E-state index contributed by atoms with van der Waals surface area (Å²) in [7, 11) is 0. The molecule has 1 rings (SSSR count). The van der Waals surface area contributed by atoms with Crippen LogP contribution in [0.5, 0.6) is 0 Å². The number of hydrogen-bond donors (Lipinski definition) is 1. The van der Waals surface area contributed by atoms with Gasteiger partial charge in [0.2, 0.25) is 0 Å². The van der Waals surface area contributed by atoms with Crippen molar-refractivity contribution in [1.82, 2.24) is 0 Å². The first-order valence-electron chi connectivity index (χ1n) is 5.07. The second-order valence-corrected chi connectivity index (χ2v) is 3.98. The molecule has 0 aromatic heterocycles. The second-order valence-electron chi connectivity index (χ2n) is 3.98. The van der Waals surface area contributed by atoms with Crippen LogP contribution in [-0.2, 0) is 0 Å². The molecule has 0 saturated carbocycles. The van der Waals surface area contributed by atoms with E-state index in [9.17, 15) is 9.18 Å². The van der Waals surface area contributed by atoms with E-state index in [-0.39, 0.29) is 11.3 Å². The van der Waals surface area contributed by atoms with Crippen LogP contribution in [0.15, 0.2) is 24.3 Å². The topological polar surface area (TPSA) is 43.1 Å². The molecule has 0 radical (unpaired) electrons. The molecule has 2 nitrogen and oxygen atoms in total. The molecule has 0 fully saturated rings. The summed E-state index contributed by atoms with van der Waals surface area (Å²) in [5, 5.41) is 0. The largest absolute Gasteiger partial charge is 0.319 e. The van der Waals surface area contributed by atoms with Crippen molar-refractivity contribution in [2.24, 2.45) is 5.73 Å². The van der Waals surface area contributed by atoms with Gasteiger partial charge in [-0.2, -0.15) is 0 Å². The Morgan fingerprint density at radius 3 is 2.60 bits per heavy atom. The Bertz CT molecular complexity index is 360. The van der Waals surface area contributed by atoms with Crippen molar-refractivity contribution in [3.63, 3.8) is 0 Å². The number of carbonyl (C=O) groups is 1. The zero-order valence-corrected chi connectivity index (χ0v) is 9.09. The predicted molar refractivity (Wildman–Crippen MR) is 58.2 cm³/mol. The molecule has 0 spiro atoms.